The van der Waals surface area contributed by atoms with Crippen molar-refractivity contribution in [3.8, 4) is 0 Å². The highest BCUT2D eigenvalue weighted by molar-refractivity contribution is 5.55. The first-order chi connectivity index (χ1) is 7.54. The van der Waals surface area contributed by atoms with Gasteiger partial charge in [0.1, 0.15) is 0 Å². The minimum absolute atomic E-state index is 0.180. The molecule has 0 amide bonds. The van der Waals surface area contributed by atoms with Gasteiger partial charge in [-0.2, -0.15) is 0 Å². The fourth-order valence-electron chi connectivity index (χ4n) is 2.36. The van der Waals surface area contributed by atoms with E-state index in [-0.39, 0.29) is 5.41 Å². The number of nitrogens with one attached hydrogen (secondary N) is 1. The van der Waals surface area contributed by atoms with E-state index in [2.05, 4.69) is 19.2 Å². The summed E-state index contributed by atoms with van der Waals surface area (Å²) in [5.74, 6) is 0. The van der Waals surface area contributed by atoms with Crippen LogP contribution in [-0.2, 0) is 4.74 Å². The van der Waals surface area contributed by atoms with Gasteiger partial charge < -0.3 is 15.8 Å². The molecule has 2 unspecified atom stereocenters. The van der Waals surface area contributed by atoms with E-state index in [0.29, 0.717) is 12.1 Å². The Balaban J connectivity index is 2.02. The average molecular weight is 220 g/mol. The molecule has 0 bridgehead atoms. The maximum Gasteiger partial charge on any atom is 0.0661 e. The van der Waals surface area contributed by atoms with Crippen LogP contribution in [0.3, 0.4) is 0 Å². The Bertz CT molecular complexity index is 376. The van der Waals surface area contributed by atoms with Crippen molar-refractivity contribution in [2.45, 2.75) is 32.4 Å². The van der Waals surface area contributed by atoms with Crippen LogP contribution < -0.4 is 11.1 Å². The Hall–Kier alpha value is -1.22. The summed E-state index contributed by atoms with van der Waals surface area (Å²) in [6.45, 7) is 4.46. The first kappa shape index (κ1) is 11.3. The lowest BCUT2D eigenvalue weighted by Gasteiger charge is -2.51. The summed E-state index contributed by atoms with van der Waals surface area (Å²) in [5, 5.41) is 3.51. The van der Waals surface area contributed by atoms with E-state index >= 15 is 0 Å². The predicted octanol–water partition coefficient (Wildman–Crippen LogP) is 2.49. The molecular formula is C13H20N2O. The number of rotatable bonds is 3. The highest BCUT2D eigenvalue weighted by Crippen LogP contribution is 2.44. The second kappa shape index (κ2) is 3.98. The molecule has 0 radical (unpaired) electrons. The summed E-state index contributed by atoms with van der Waals surface area (Å²) in [7, 11) is 1.78. The molecule has 1 aliphatic carbocycles. The van der Waals surface area contributed by atoms with Crippen molar-refractivity contribution in [1.82, 2.24) is 0 Å². The quantitative estimate of drug-likeness (QED) is 0.769. The number of hydrogen-bond donors (Lipinski definition) is 2. The normalized spacial score (nSPS) is 27.2. The van der Waals surface area contributed by atoms with Crippen LogP contribution >= 0.6 is 0 Å². The highest BCUT2D eigenvalue weighted by atomic mass is 16.5. The van der Waals surface area contributed by atoms with Gasteiger partial charge in [-0.3, -0.25) is 0 Å². The van der Waals surface area contributed by atoms with E-state index in [1.54, 1.807) is 7.11 Å². The lowest BCUT2D eigenvalue weighted by molar-refractivity contribution is -0.0794. The number of nitrogens with two attached hydrogens (primary N) is 1. The average Bonchev–Trinajstić information content (AvgIpc) is 2.23. The van der Waals surface area contributed by atoms with Gasteiger partial charge >= 0.3 is 0 Å². The molecule has 2 atom stereocenters. The number of nitrogen functional groups attached to an aromatic ring is 1. The highest BCUT2D eigenvalue weighted by Gasteiger charge is 2.48. The van der Waals surface area contributed by atoms with Crippen molar-refractivity contribution in [3.63, 3.8) is 0 Å². The van der Waals surface area contributed by atoms with Crippen molar-refractivity contribution in [2.75, 3.05) is 18.2 Å². The lowest BCUT2D eigenvalue weighted by atomic mass is 9.64. The maximum absolute atomic E-state index is 5.75. The van der Waals surface area contributed by atoms with Gasteiger partial charge in [0.2, 0.25) is 0 Å². The van der Waals surface area contributed by atoms with Crippen molar-refractivity contribution >= 4 is 11.4 Å². The van der Waals surface area contributed by atoms with Crippen LogP contribution in [0.25, 0.3) is 0 Å². The fraction of sp³-hybridized carbons (Fsp3) is 0.538. The van der Waals surface area contributed by atoms with Crippen LogP contribution in [-0.4, -0.2) is 19.3 Å². The zero-order valence-electron chi connectivity index (χ0n) is 10.2. The van der Waals surface area contributed by atoms with Crippen molar-refractivity contribution in [1.29, 1.82) is 0 Å². The van der Waals surface area contributed by atoms with Crippen LogP contribution in [0.4, 0.5) is 11.4 Å². The first-order valence-electron chi connectivity index (χ1n) is 5.69. The standard InChI is InChI=1S/C13H20N2O/c1-13(2)11(8-12(13)16-3)15-10-6-4-5-9(14)7-10/h4-7,11-12,15H,8,14H2,1-3H3. The smallest absolute Gasteiger partial charge is 0.0661 e. The zero-order chi connectivity index (χ0) is 11.8. The Morgan fingerprint density at radius 3 is 2.75 bits per heavy atom. The van der Waals surface area contributed by atoms with E-state index in [9.17, 15) is 0 Å². The molecule has 1 aromatic carbocycles. The van der Waals surface area contributed by atoms with Gasteiger partial charge in [0.15, 0.2) is 0 Å². The third-order valence-electron chi connectivity index (χ3n) is 3.69. The molecule has 88 valence electrons. The molecule has 0 aromatic heterocycles. The van der Waals surface area contributed by atoms with Gasteiger partial charge in [-0.1, -0.05) is 19.9 Å². The minimum atomic E-state index is 0.180. The van der Waals surface area contributed by atoms with Crippen molar-refractivity contribution in [3.05, 3.63) is 24.3 Å². The second-order valence-corrected chi connectivity index (χ2v) is 5.10. The summed E-state index contributed by atoms with van der Waals surface area (Å²) >= 11 is 0. The van der Waals surface area contributed by atoms with Crippen LogP contribution in [0.5, 0.6) is 0 Å². The fourth-order valence-corrected chi connectivity index (χ4v) is 2.36. The Labute approximate surface area is 97.0 Å². The van der Waals surface area contributed by atoms with Crippen LogP contribution in [0.1, 0.15) is 20.3 Å². The minimum Gasteiger partial charge on any atom is -0.399 e. The summed E-state index contributed by atoms with van der Waals surface area (Å²) < 4.78 is 5.43. The van der Waals surface area contributed by atoms with Gasteiger partial charge in [0.05, 0.1) is 6.10 Å². The van der Waals surface area contributed by atoms with Crippen LogP contribution in [0.15, 0.2) is 24.3 Å². The van der Waals surface area contributed by atoms with Gasteiger partial charge in [-0.25, -0.2) is 0 Å². The summed E-state index contributed by atoms with van der Waals surface area (Å²) in [6.07, 6.45) is 1.41. The summed E-state index contributed by atoms with van der Waals surface area (Å²) in [5.41, 5.74) is 7.82. The first-order valence-corrected chi connectivity index (χ1v) is 5.69. The molecule has 0 aliphatic heterocycles. The molecular weight excluding hydrogens is 200 g/mol. The van der Waals surface area contributed by atoms with E-state index in [0.717, 1.165) is 17.8 Å². The monoisotopic (exact) mass is 220 g/mol. The molecule has 1 aliphatic rings. The van der Waals surface area contributed by atoms with E-state index < -0.39 is 0 Å². The third kappa shape index (κ3) is 1.87. The van der Waals surface area contributed by atoms with Gasteiger partial charge in [-0.15, -0.1) is 0 Å². The number of ether oxygens (including phenoxy) is 1. The number of anilines is 2. The number of benzene rings is 1. The molecule has 3 nitrogen and oxygen atoms in total. The Morgan fingerprint density at radius 1 is 1.44 bits per heavy atom. The topological polar surface area (TPSA) is 47.3 Å². The molecule has 3 N–H and O–H groups in total. The van der Waals surface area contributed by atoms with Crippen LogP contribution in [0, 0.1) is 5.41 Å². The SMILES string of the molecule is COC1CC(Nc2cccc(N)c2)C1(C)C. The molecule has 1 fully saturated rings. The molecule has 0 spiro atoms. The second-order valence-electron chi connectivity index (χ2n) is 5.10. The lowest BCUT2D eigenvalue weighted by Crippen LogP contribution is -2.57. The summed E-state index contributed by atoms with van der Waals surface area (Å²) in [6, 6.07) is 8.34. The van der Waals surface area contributed by atoms with E-state index in [1.807, 2.05) is 24.3 Å². The van der Waals surface area contributed by atoms with Crippen molar-refractivity contribution < 1.29 is 4.74 Å². The van der Waals surface area contributed by atoms with Crippen molar-refractivity contribution in [2.24, 2.45) is 5.41 Å². The molecule has 16 heavy (non-hydrogen) atoms. The maximum atomic E-state index is 5.75. The largest absolute Gasteiger partial charge is 0.399 e. The van der Waals surface area contributed by atoms with Crippen LogP contribution in [0.2, 0.25) is 0 Å². The molecule has 3 heteroatoms. The van der Waals surface area contributed by atoms with Gasteiger partial charge in [0.25, 0.3) is 0 Å². The molecule has 1 aromatic rings. The Kier molecular flexibility index (Phi) is 2.80. The zero-order valence-corrected chi connectivity index (χ0v) is 10.2. The van der Waals surface area contributed by atoms with E-state index in [1.165, 1.54) is 0 Å². The Morgan fingerprint density at radius 2 is 2.19 bits per heavy atom. The number of hydrogen-bond acceptors (Lipinski definition) is 3. The van der Waals surface area contributed by atoms with Gasteiger partial charge in [-0.05, 0) is 24.6 Å². The van der Waals surface area contributed by atoms with Gasteiger partial charge in [0, 0.05) is 29.9 Å². The molecule has 0 saturated heterocycles. The number of methoxy groups -OCH3 is 1. The molecule has 2 rings (SSSR count). The van der Waals surface area contributed by atoms with E-state index in [4.69, 9.17) is 10.5 Å². The predicted molar refractivity (Wildman–Crippen MR) is 67.5 cm³/mol. The third-order valence-corrected chi connectivity index (χ3v) is 3.69. The molecule has 0 heterocycles. The summed E-state index contributed by atoms with van der Waals surface area (Å²) in [4.78, 5) is 0. The molecule has 1 saturated carbocycles.